The first-order chi connectivity index (χ1) is 7.88. The second-order valence-electron chi connectivity index (χ2n) is 4.19. The van der Waals surface area contributed by atoms with E-state index in [1.165, 1.54) is 6.20 Å². The Hall–Kier alpha value is -1.41. The molecule has 0 spiro atoms. The zero-order chi connectivity index (χ0) is 12.6. The van der Waals surface area contributed by atoms with Crippen LogP contribution in [-0.2, 0) is 9.84 Å². The summed E-state index contributed by atoms with van der Waals surface area (Å²) in [7, 11) is -3.38. The van der Waals surface area contributed by atoms with Crippen molar-refractivity contribution in [2.24, 2.45) is 5.73 Å². The first-order valence-electron chi connectivity index (χ1n) is 5.21. The molecule has 0 aliphatic carbocycles. The maximum absolute atomic E-state index is 11.3. The van der Waals surface area contributed by atoms with Gasteiger partial charge in [0.2, 0.25) is 5.95 Å². The van der Waals surface area contributed by atoms with Crippen LogP contribution in [0.3, 0.4) is 0 Å². The lowest BCUT2D eigenvalue weighted by Gasteiger charge is -2.16. The molecule has 1 unspecified atom stereocenters. The molecule has 1 atom stereocenters. The Morgan fingerprint density at radius 3 is 2.71 bits per heavy atom. The maximum atomic E-state index is 11.3. The first kappa shape index (κ1) is 12.1. The fourth-order valence-electron chi connectivity index (χ4n) is 1.78. The minimum Gasteiger partial charge on any atom is -0.382 e. The predicted molar refractivity (Wildman–Crippen MR) is 64.4 cm³/mol. The van der Waals surface area contributed by atoms with Gasteiger partial charge >= 0.3 is 0 Å². The van der Waals surface area contributed by atoms with Crippen molar-refractivity contribution in [3.8, 4) is 0 Å². The van der Waals surface area contributed by atoms with Crippen LogP contribution in [0.25, 0.3) is 0 Å². The first-order valence-corrected chi connectivity index (χ1v) is 7.10. The zero-order valence-electron chi connectivity index (χ0n) is 9.50. The Kier molecular flexibility index (Phi) is 2.92. The molecule has 1 aromatic heterocycles. The maximum Gasteiger partial charge on any atom is 0.227 e. The van der Waals surface area contributed by atoms with Gasteiger partial charge in [0.05, 0.1) is 6.20 Å². The third kappa shape index (κ3) is 2.47. The Bertz CT molecular complexity index is 530. The van der Waals surface area contributed by atoms with Gasteiger partial charge in [-0.25, -0.2) is 13.4 Å². The molecule has 1 saturated heterocycles. The van der Waals surface area contributed by atoms with Crippen molar-refractivity contribution >= 4 is 21.6 Å². The molecule has 0 saturated carbocycles. The molecule has 1 aliphatic rings. The number of hydrogen-bond donors (Lipinski definition) is 2. The third-order valence-electron chi connectivity index (χ3n) is 2.68. The van der Waals surface area contributed by atoms with Gasteiger partial charge in [-0.2, -0.15) is 4.98 Å². The van der Waals surface area contributed by atoms with Gasteiger partial charge in [0, 0.05) is 25.4 Å². The second kappa shape index (κ2) is 4.11. The van der Waals surface area contributed by atoms with Gasteiger partial charge < -0.3 is 16.4 Å². The normalized spacial score (nSPS) is 20.8. The van der Waals surface area contributed by atoms with E-state index in [1.807, 2.05) is 4.90 Å². The van der Waals surface area contributed by atoms with Gasteiger partial charge in [-0.05, 0) is 6.42 Å². The molecule has 7 nitrogen and oxygen atoms in total. The lowest BCUT2D eigenvalue weighted by molar-refractivity contribution is 0.601. The van der Waals surface area contributed by atoms with Crippen LogP contribution in [-0.4, -0.2) is 43.8 Å². The predicted octanol–water partition coefficient (Wildman–Crippen LogP) is -1.00. The summed E-state index contributed by atoms with van der Waals surface area (Å²) in [5.41, 5.74) is 11.4. The number of nitrogens with zero attached hydrogens (tertiary/aromatic N) is 3. The molecule has 8 heteroatoms. The molecule has 1 aromatic rings. The highest BCUT2D eigenvalue weighted by Gasteiger charge is 2.23. The molecule has 2 rings (SSSR count). The van der Waals surface area contributed by atoms with Crippen LogP contribution in [0.15, 0.2) is 11.1 Å². The molecule has 1 fully saturated rings. The number of rotatable bonds is 2. The summed E-state index contributed by atoms with van der Waals surface area (Å²) in [5.74, 6) is 0.417. The van der Waals surface area contributed by atoms with E-state index in [2.05, 4.69) is 9.97 Å². The average Bonchev–Trinajstić information content (AvgIpc) is 2.62. The lowest BCUT2D eigenvalue weighted by atomic mass is 10.3. The quantitative estimate of drug-likeness (QED) is 0.698. The summed E-state index contributed by atoms with van der Waals surface area (Å²) < 4.78 is 22.7. The minimum atomic E-state index is -3.38. The number of anilines is 2. The zero-order valence-corrected chi connectivity index (χ0v) is 10.3. The fraction of sp³-hybridized carbons (Fsp3) is 0.556. The van der Waals surface area contributed by atoms with E-state index in [0.717, 1.165) is 19.2 Å². The summed E-state index contributed by atoms with van der Waals surface area (Å²) >= 11 is 0. The van der Waals surface area contributed by atoms with Gasteiger partial charge in [0.25, 0.3) is 0 Å². The number of nitrogen functional groups attached to an aromatic ring is 1. The minimum absolute atomic E-state index is 0.0158. The summed E-state index contributed by atoms with van der Waals surface area (Å²) in [4.78, 5) is 9.90. The van der Waals surface area contributed by atoms with Gasteiger partial charge in [0.15, 0.2) is 9.84 Å². The molecule has 4 N–H and O–H groups in total. The standard InChI is InChI=1S/C9H15N5O2S/c1-17(15,16)7-4-12-9(13-8(7)11)14-3-2-6(10)5-14/h4,6H,2-3,5,10H2,1H3,(H2,11,12,13). The van der Waals surface area contributed by atoms with E-state index >= 15 is 0 Å². The van der Waals surface area contributed by atoms with Gasteiger partial charge in [0.1, 0.15) is 10.7 Å². The van der Waals surface area contributed by atoms with E-state index in [0.29, 0.717) is 12.5 Å². The summed E-state index contributed by atoms with van der Waals surface area (Å²) in [6, 6.07) is 0.106. The number of sulfone groups is 1. The number of nitrogens with two attached hydrogens (primary N) is 2. The van der Waals surface area contributed by atoms with Gasteiger partial charge in [-0.1, -0.05) is 0 Å². The van der Waals surface area contributed by atoms with Gasteiger partial charge in [-0.15, -0.1) is 0 Å². The van der Waals surface area contributed by atoms with Crippen molar-refractivity contribution in [3.05, 3.63) is 6.20 Å². The van der Waals surface area contributed by atoms with Crippen LogP contribution in [0.5, 0.6) is 0 Å². The Labute approximate surface area is 99.8 Å². The molecule has 94 valence electrons. The van der Waals surface area contributed by atoms with Crippen LogP contribution >= 0.6 is 0 Å². The topological polar surface area (TPSA) is 115 Å². The molecule has 0 bridgehead atoms. The second-order valence-corrected chi connectivity index (χ2v) is 6.17. The Balaban J connectivity index is 2.31. The van der Waals surface area contributed by atoms with E-state index < -0.39 is 9.84 Å². The molecular weight excluding hydrogens is 242 g/mol. The summed E-state index contributed by atoms with van der Waals surface area (Å²) in [5, 5.41) is 0. The van der Waals surface area contributed by atoms with E-state index in [-0.39, 0.29) is 16.8 Å². The van der Waals surface area contributed by atoms with E-state index in [4.69, 9.17) is 11.5 Å². The van der Waals surface area contributed by atoms with E-state index in [1.54, 1.807) is 0 Å². The molecule has 2 heterocycles. The van der Waals surface area contributed by atoms with E-state index in [9.17, 15) is 8.42 Å². The van der Waals surface area contributed by atoms with Crippen LogP contribution in [0.4, 0.5) is 11.8 Å². The van der Waals surface area contributed by atoms with Crippen molar-refractivity contribution in [1.82, 2.24) is 9.97 Å². The number of hydrogen-bond acceptors (Lipinski definition) is 7. The SMILES string of the molecule is CS(=O)(=O)c1cnc(N2CCC(N)C2)nc1N. The average molecular weight is 257 g/mol. The largest absolute Gasteiger partial charge is 0.382 e. The highest BCUT2D eigenvalue weighted by Crippen LogP contribution is 2.20. The van der Waals surface area contributed by atoms with Crippen LogP contribution < -0.4 is 16.4 Å². The van der Waals surface area contributed by atoms with Crippen molar-refractivity contribution in [3.63, 3.8) is 0 Å². The lowest BCUT2D eigenvalue weighted by Crippen LogP contribution is -2.27. The summed E-state index contributed by atoms with van der Waals surface area (Å²) in [6.45, 7) is 1.43. The molecular formula is C9H15N5O2S. The molecule has 0 amide bonds. The highest BCUT2D eigenvalue weighted by molar-refractivity contribution is 7.90. The van der Waals surface area contributed by atoms with Crippen molar-refractivity contribution in [2.75, 3.05) is 30.0 Å². The third-order valence-corrected chi connectivity index (χ3v) is 3.79. The van der Waals surface area contributed by atoms with Crippen molar-refractivity contribution in [1.29, 1.82) is 0 Å². The van der Waals surface area contributed by atoms with Crippen LogP contribution in [0.1, 0.15) is 6.42 Å². The van der Waals surface area contributed by atoms with Gasteiger partial charge in [-0.3, -0.25) is 0 Å². The molecule has 0 radical (unpaired) electrons. The number of aromatic nitrogens is 2. The Morgan fingerprint density at radius 1 is 1.53 bits per heavy atom. The highest BCUT2D eigenvalue weighted by atomic mass is 32.2. The Morgan fingerprint density at radius 2 is 2.24 bits per heavy atom. The molecule has 0 aromatic carbocycles. The van der Waals surface area contributed by atoms with Crippen LogP contribution in [0, 0.1) is 0 Å². The smallest absolute Gasteiger partial charge is 0.227 e. The fourth-order valence-corrected chi connectivity index (χ4v) is 2.45. The summed E-state index contributed by atoms with van der Waals surface area (Å²) in [6.07, 6.45) is 3.20. The monoisotopic (exact) mass is 257 g/mol. The van der Waals surface area contributed by atoms with Crippen LogP contribution in [0.2, 0.25) is 0 Å². The molecule has 17 heavy (non-hydrogen) atoms. The van der Waals surface area contributed by atoms with Crippen molar-refractivity contribution in [2.45, 2.75) is 17.4 Å². The molecule has 1 aliphatic heterocycles. The van der Waals surface area contributed by atoms with Crippen molar-refractivity contribution < 1.29 is 8.42 Å².